The third-order valence-corrected chi connectivity index (χ3v) is 5.77. The molecule has 25 heavy (non-hydrogen) atoms. The zero-order chi connectivity index (χ0) is 18.4. The number of hydrogen-bond acceptors (Lipinski definition) is 7. The molecule has 0 aliphatic carbocycles. The third kappa shape index (κ3) is 5.09. The van der Waals surface area contributed by atoms with Gasteiger partial charge < -0.3 is 14.2 Å². The monoisotopic (exact) mass is 370 g/mol. The molecule has 0 saturated carbocycles. The van der Waals surface area contributed by atoms with E-state index in [2.05, 4.69) is 10.5 Å². The molecule has 138 valence electrons. The summed E-state index contributed by atoms with van der Waals surface area (Å²) in [6, 6.07) is 3.34. The van der Waals surface area contributed by atoms with E-state index in [9.17, 15) is 13.2 Å². The van der Waals surface area contributed by atoms with E-state index >= 15 is 0 Å². The highest BCUT2D eigenvalue weighted by atomic mass is 32.2. The molecule has 1 aliphatic heterocycles. The lowest BCUT2D eigenvalue weighted by Gasteiger charge is -2.11. The number of nitrogens with zero attached hydrogens (tertiary/aromatic N) is 1. The van der Waals surface area contributed by atoms with Crippen LogP contribution in [0.1, 0.15) is 18.4 Å². The Morgan fingerprint density at radius 2 is 1.84 bits per heavy atom. The standard InChI is InChI=1S/C16H22N2O6S/c1-22-13-8-15(24-3)14(23-2)7-12(13)9-17-18-16(19)6-11-4-5-25(20,21)10-11/h7-9,11H,4-6,10H2,1-3H3,(H,18,19)/b17-9-/t11-/m1/s1. The quantitative estimate of drug-likeness (QED) is 0.567. The smallest absolute Gasteiger partial charge is 0.240 e. The summed E-state index contributed by atoms with van der Waals surface area (Å²) in [7, 11) is 1.56. The summed E-state index contributed by atoms with van der Waals surface area (Å²) < 4.78 is 38.5. The van der Waals surface area contributed by atoms with Crippen molar-refractivity contribution in [3.63, 3.8) is 0 Å². The lowest BCUT2D eigenvalue weighted by atomic mass is 10.1. The van der Waals surface area contributed by atoms with E-state index in [0.29, 0.717) is 29.2 Å². The molecule has 1 heterocycles. The Morgan fingerprint density at radius 1 is 1.20 bits per heavy atom. The van der Waals surface area contributed by atoms with Crippen LogP contribution >= 0.6 is 0 Å². The van der Waals surface area contributed by atoms with Crippen molar-refractivity contribution in [2.45, 2.75) is 12.8 Å². The molecule has 1 aromatic rings. The first-order chi connectivity index (χ1) is 11.9. The zero-order valence-corrected chi connectivity index (χ0v) is 15.3. The van der Waals surface area contributed by atoms with Gasteiger partial charge in [0.1, 0.15) is 5.75 Å². The maximum absolute atomic E-state index is 11.9. The molecule has 0 radical (unpaired) electrons. The lowest BCUT2D eigenvalue weighted by molar-refractivity contribution is -0.121. The van der Waals surface area contributed by atoms with Crippen LogP contribution < -0.4 is 19.6 Å². The average molecular weight is 370 g/mol. The van der Waals surface area contributed by atoms with E-state index in [1.807, 2.05) is 0 Å². The van der Waals surface area contributed by atoms with Gasteiger partial charge in [0.15, 0.2) is 21.3 Å². The molecular weight excluding hydrogens is 348 g/mol. The molecule has 1 saturated heterocycles. The molecule has 1 amide bonds. The summed E-state index contributed by atoms with van der Waals surface area (Å²) in [5.74, 6) is 1.28. The van der Waals surface area contributed by atoms with Crippen LogP contribution in [0.5, 0.6) is 17.2 Å². The first-order valence-electron chi connectivity index (χ1n) is 7.71. The Hall–Kier alpha value is -2.29. The first kappa shape index (κ1) is 19.0. The van der Waals surface area contributed by atoms with E-state index in [4.69, 9.17) is 14.2 Å². The van der Waals surface area contributed by atoms with Crippen LogP contribution in [0.4, 0.5) is 0 Å². The number of ether oxygens (including phenoxy) is 3. The Labute approximate surface area is 147 Å². The van der Waals surface area contributed by atoms with Crippen molar-refractivity contribution >= 4 is 22.0 Å². The maximum atomic E-state index is 11.9. The van der Waals surface area contributed by atoms with Gasteiger partial charge in [-0.1, -0.05) is 0 Å². The molecule has 1 N–H and O–H groups in total. The van der Waals surface area contributed by atoms with Gasteiger partial charge in [-0.15, -0.1) is 0 Å². The number of amides is 1. The number of hydrogen-bond donors (Lipinski definition) is 1. The third-order valence-electron chi connectivity index (χ3n) is 3.93. The summed E-state index contributed by atoms with van der Waals surface area (Å²) in [4.78, 5) is 11.9. The fraction of sp³-hybridized carbons (Fsp3) is 0.500. The largest absolute Gasteiger partial charge is 0.496 e. The molecule has 0 aromatic heterocycles. The SMILES string of the molecule is COc1cc(OC)c(OC)cc1/C=N\NC(=O)C[C@H]1CCS(=O)(=O)C1. The van der Waals surface area contributed by atoms with Crippen LogP contribution in [0.25, 0.3) is 0 Å². The zero-order valence-electron chi connectivity index (χ0n) is 14.4. The van der Waals surface area contributed by atoms with Crippen molar-refractivity contribution in [1.29, 1.82) is 0 Å². The number of carbonyl (C=O) groups is 1. The van der Waals surface area contributed by atoms with Gasteiger partial charge in [0, 0.05) is 18.1 Å². The van der Waals surface area contributed by atoms with Gasteiger partial charge in [0.05, 0.1) is 39.0 Å². The normalized spacial score (nSPS) is 18.9. The topological polar surface area (TPSA) is 103 Å². The molecule has 1 aliphatic rings. The highest BCUT2D eigenvalue weighted by Crippen LogP contribution is 2.33. The van der Waals surface area contributed by atoms with Crippen molar-refractivity contribution in [1.82, 2.24) is 5.43 Å². The minimum Gasteiger partial charge on any atom is -0.496 e. The Kier molecular flexibility index (Phi) is 6.24. The second kappa shape index (κ2) is 8.19. The molecule has 0 unspecified atom stereocenters. The summed E-state index contributed by atoms with van der Waals surface area (Å²) in [5.41, 5.74) is 3.01. The fourth-order valence-electron chi connectivity index (χ4n) is 2.67. The highest BCUT2D eigenvalue weighted by Gasteiger charge is 2.29. The summed E-state index contributed by atoms with van der Waals surface area (Å²) in [6.45, 7) is 0. The number of benzene rings is 1. The maximum Gasteiger partial charge on any atom is 0.240 e. The second-order valence-corrected chi connectivity index (χ2v) is 7.94. The molecule has 1 aromatic carbocycles. The first-order valence-corrected chi connectivity index (χ1v) is 9.53. The molecule has 8 nitrogen and oxygen atoms in total. The van der Waals surface area contributed by atoms with E-state index < -0.39 is 9.84 Å². The van der Waals surface area contributed by atoms with E-state index in [-0.39, 0.29) is 29.8 Å². The summed E-state index contributed by atoms with van der Waals surface area (Å²) in [5, 5.41) is 3.91. The second-order valence-electron chi connectivity index (χ2n) is 5.72. The van der Waals surface area contributed by atoms with Crippen LogP contribution in [0, 0.1) is 5.92 Å². The molecule has 1 fully saturated rings. The highest BCUT2D eigenvalue weighted by molar-refractivity contribution is 7.91. The molecular formula is C16H22N2O6S. The number of hydrazone groups is 1. The van der Waals surface area contributed by atoms with Gasteiger partial charge >= 0.3 is 0 Å². The molecule has 2 rings (SSSR count). The van der Waals surface area contributed by atoms with Crippen LogP contribution in [-0.4, -0.2) is 53.4 Å². The van der Waals surface area contributed by atoms with Crippen LogP contribution in [0.3, 0.4) is 0 Å². The summed E-state index contributed by atoms with van der Waals surface area (Å²) >= 11 is 0. The number of nitrogens with one attached hydrogen (secondary N) is 1. The van der Waals surface area contributed by atoms with Gasteiger partial charge in [0.2, 0.25) is 5.91 Å². The van der Waals surface area contributed by atoms with Gasteiger partial charge in [-0.25, -0.2) is 13.8 Å². The Balaban J connectivity index is 2.00. The average Bonchev–Trinajstić information content (AvgIpc) is 2.92. The predicted molar refractivity (Wildman–Crippen MR) is 93.2 cm³/mol. The van der Waals surface area contributed by atoms with Gasteiger partial charge in [-0.3, -0.25) is 4.79 Å². The van der Waals surface area contributed by atoms with Crippen molar-refractivity contribution in [3.8, 4) is 17.2 Å². The van der Waals surface area contributed by atoms with E-state index in [0.717, 1.165) is 0 Å². The lowest BCUT2D eigenvalue weighted by Crippen LogP contribution is -2.21. The number of rotatable bonds is 7. The Morgan fingerprint density at radius 3 is 2.40 bits per heavy atom. The number of methoxy groups -OCH3 is 3. The van der Waals surface area contributed by atoms with Crippen molar-refractivity contribution in [3.05, 3.63) is 17.7 Å². The van der Waals surface area contributed by atoms with Crippen LogP contribution in [-0.2, 0) is 14.6 Å². The minimum absolute atomic E-state index is 0.0631. The van der Waals surface area contributed by atoms with E-state index in [1.54, 1.807) is 12.1 Å². The fourth-order valence-corrected chi connectivity index (χ4v) is 4.53. The van der Waals surface area contributed by atoms with Crippen LogP contribution in [0.15, 0.2) is 17.2 Å². The van der Waals surface area contributed by atoms with E-state index in [1.165, 1.54) is 27.5 Å². The predicted octanol–water partition coefficient (Wildman–Crippen LogP) is 0.987. The van der Waals surface area contributed by atoms with Crippen molar-refractivity contribution in [2.24, 2.45) is 11.0 Å². The Bertz CT molecular complexity index is 760. The molecule has 0 bridgehead atoms. The molecule has 9 heteroatoms. The van der Waals surface area contributed by atoms with Crippen molar-refractivity contribution in [2.75, 3.05) is 32.8 Å². The minimum atomic E-state index is -2.99. The molecule has 1 atom stereocenters. The van der Waals surface area contributed by atoms with Gasteiger partial charge in [-0.2, -0.15) is 5.10 Å². The number of carbonyl (C=O) groups excluding carboxylic acids is 1. The number of sulfone groups is 1. The van der Waals surface area contributed by atoms with Crippen molar-refractivity contribution < 1.29 is 27.4 Å². The van der Waals surface area contributed by atoms with Crippen LogP contribution in [0.2, 0.25) is 0 Å². The van der Waals surface area contributed by atoms with Gasteiger partial charge in [0.25, 0.3) is 0 Å². The van der Waals surface area contributed by atoms with Gasteiger partial charge in [-0.05, 0) is 18.4 Å². The summed E-state index contributed by atoms with van der Waals surface area (Å²) in [6.07, 6.45) is 2.09. The molecule has 0 spiro atoms.